The van der Waals surface area contributed by atoms with Gasteiger partial charge in [-0.15, -0.1) is 0 Å². The number of aromatic nitrogens is 2. The summed E-state index contributed by atoms with van der Waals surface area (Å²) >= 11 is 0. The number of hydrogen-bond acceptors (Lipinski definition) is 3. The van der Waals surface area contributed by atoms with Crippen molar-refractivity contribution in [1.29, 1.82) is 5.26 Å². The van der Waals surface area contributed by atoms with Crippen LogP contribution in [-0.2, 0) is 0 Å². The maximum atomic E-state index is 9.66. The second-order valence-electron chi connectivity index (χ2n) is 16.5. The molecular formula is C62H42N6. The highest BCUT2D eigenvalue weighted by atomic mass is 15.1. The van der Waals surface area contributed by atoms with E-state index in [2.05, 4.69) is 189 Å². The summed E-state index contributed by atoms with van der Waals surface area (Å²) in [6.45, 7) is 16.0. The van der Waals surface area contributed by atoms with Crippen molar-refractivity contribution in [2.45, 2.75) is 0 Å². The van der Waals surface area contributed by atoms with Crippen molar-refractivity contribution in [3.63, 3.8) is 0 Å². The lowest BCUT2D eigenvalue weighted by Gasteiger charge is -2.26. The molecule has 6 heteroatoms. The van der Waals surface area contributed by atoms with Gasteiger partial charge in [0, 0.05) is 67.2 Å². The third-order valence-corrected chi connectivity index (χ3v) is 12.7. The summed E-state index contributed by atoms with van der Waals surface area (Å²) in [6.07, 6.45) is 3.80. The van der Waals surface area contributed by atoms with Gasteiger partial charge in [0.15, 0.2) is 5.69 Å². The zero-order valence-electron chi connectivity index (χ0n) is 37.0. The van der Waals surface area contributed by atoms with Crippen LogP contribution in [0.5, 0.6) is 0 Å². The summed E-state index contributed by atoms with van der Waals surface area (Å²) in [6, 6.07) is 77.6. The SMILES string of the molecule is [C-]#[N+]c1ccc(N(c2ccc(-c3ccc(N(c4ccc(C#N)cc4)c4ccc5c(c4)c(C=C)c(C=C)n5-c4ccccc4)cc3)cc2)c2ccc3c(c2)c2ccccc2n3-c2ccccc2)cc1. The van der Waals surface area contributed by atoms with Crippen LogP contribution in [-0.4, -0.2) is 9.13 Å². The van der Waals surface area contributed by atoms with Crippen molar-refractivity contribution in [2.24, 2.45) is 0 Å². The first kappa shape index (κ1) is 41.1. The van der Waals surface area contributed by atoms with E-state index in [4.69, 9.17) is 6.57 Å². The van der Waals surface area contributed by atoms with E-state index in [0.29, 0.717) is 11.3 Å². The second-order valence-corrected chi connectivity index (χ2v) is 16.5. The van der Waals surface area contributed by atoms with Gasteiger partial charge in [-0.05, 0) is 145 Å². The van der Waals surface area contributed by atoms with E-state index in [1.165, 1.54) is 5.39 Å². The number of nitriles is 1. The largest absolute Gasteiger partial charge is 0.311 e. The Kier molecular flexibility index (Phi) is 10.5. The molecule has 0 amide bonds. The fraction of sp³-hybridized carbons (Fsp3) is 0. The highest BCUT2D eigenvalue weighted by Gasteiger charge is 2.21. The number of fused-ring (bicyclic) bond motifs is 4. The number of hydrogen-bond donors (Lipinski definition) is 0. The summed E-state index contributed by atoms with van der Waals surface area (Å²) in [5, 5.41) is 13.1. The Hall–Kier alpha value is -9.62. The quantitative estimate of drug-likeness (QED) is 0.122. The van der Waals surface area contributed by atoms with Crippen LogP contribution < -0.4 is 9.80 Å². The molecule has 0 aliphatic carbocycles. The average molecular weight is 871 g/mol. The molecule has 6 nitrogen and oxygen atoms in total. The van der Waals surface area contributed by atoms with Gasteiger partial charge < -0.3 is 18.9 Å². The van der Waals surface area contributed by atoms with Crippen molar-refractivity contribution in [3.05, 3.63) is 260 Å². The molecule has 9 aromatic carbocycles. The molecule has 0 bridgehead atoms. The molecule has 0 saturated carbocycles. The lowest BCUT2D eigenvalue weighted by Crippen LogP contribution is -2.10. The molecule has 320 valence electrons. The smallest absolute Gasteiger partial charge is 0.187 e. The van der Waals surface area contributed by atoms with Crippen LogP contribution in [0.25, 0.3) is 72.2 Å². The van der Waals surface area contributed by atoms with Gasteiger partial charge in [0.05, 0.1) is 40.4 Å². The van der Waals surface area contributed by atoms with Crippen LogP contribution in [0, 0.1) is 17.9 Å². The first-order valence-corrected chi connectivity index (χ1v) is 22.4. The molecule has 0 N–H and O–H groups in total. The molecule has 0 fully saturated rings. The molecule has 0 aliphatic heterocycles. The summed E-state index contributed by atoms with van der Waals surface area (Å²) in [4.78, 5) is 8.15. The Morgan fingerprint density at radius 2 is 0.882 bits per heavy atom. The molecule has 0 atom stereocenters. The van der Waals surface area contributed by atoms with Crippen molar-refractivity contribution < 1.29 is 0 Å². The molecule has 0 spiro atoms. The van der Waals surface area contributed by atoms with Crippen LogP contribution >= 0.6 is 0 Å². The second kappa shape index (κ2) is 17.4. The summed E-state index contributed by atoms with van der Waals surface area (Å²) < 4.78 is 4.55. The van der Waals surface area contributed by atoms with Gasteiger partial charge in [0.2, 0.25) is 0 Å². The summed E-state index contributed by atoms with van der Waals surface area (Å²) in [7, 11) is 0. The molecule has 2 aromatic heterocycles. The van der Waals surface area contributed by atoms with Gasteiger partial charge in [-0.3, -0.25) is 0 Å². The standard InChI is InChI=1S/C62H42N6/c1-4-55-57-40-53(36-38-61(57)67(59(55)5-2)47-14-8-6-9-15-47)65(49-28-20-43(42-63)21-29-49)50-30-22-44(23-31-50)45-24-32-51(33-25-45)66(52-34-26-46(64-3)27-35-52)54-37-39-62-58(41-54)56-18-12-13-19-60(56)68(62)48-16-10-7-11-17-48/h4-41H,1-2H2. The van der Waals surface area contributed by atoms with E-state index in [1.54, 1.807) is 0 Å². The Morgan fingerprint density at radius 1 is 0.441 bits per heavy atom. The van der Waals surface area contributed by atoms with Gasteiger partial charge in [-0.25, -0.2) is 4.85 Å². The molecular weight excluding hydrogens is 829 g/mol. The molecule has 68 heavy (non-hydrogen) atoms. The first-order chi connectivity index (χ1) is 33.5. The zero-order chi connectivity index (χ0) is 46.1. The van der Waals surface area contributed by atoms with Crippen LogP contribution in [0.3, 0.4) is 0 Å². The Bertz CT molecular complexity index is 3760. The highest BCUT2D eigenvalue weighted by Crippen LogP contribution is 2.43. The van der Waals surface area contributed by atoms with Crippen LogP contribution in [0.2, 0.25) is 0 Å². The van der Waals surface area contributed by atoms with E-state index in [-0.39, 0.29) is 0 Å². The van der Waals surface area contributed by atoms with E-state index in [0.717, 1.165) is 95.2 Å². The molecule has 11 aromatic rings. The predicted molar refractivity (Wildman–Crippen MR) is 284 cm³/mol. The van der Waals surface area contributed by atoms with E-state index < -0.39 is 0 Å². The Morgan fingerprint density at radius 3 is 1.40 bits per heavy atom. The van der Waals surface area contributed by atoms with Crippen molar-refractivity contribution in [3.8, 4) is 28.6 Å². The number of anilines is 6. The number of nitrogens with zero attached hydrogens (tertiary/aromatic N) is 6. The monoisotopic (exact) mass is 870 g/mol. The first-order valence-electron chi connectivity index (χ1n) is 22.4. The molecule has 0 aliphatic rings. The van der Waals surface area contributed by atoms with E-state index >= 15 is 0 Å². The summed E-state index contributed by atoms with van der Waals surface area (Å²) in [5.41, 5.74) is 16.7. The Labute approximate surface area is 395 Å². The van der Waals surface area contributed by atoms with Gasteiger partial charge >= 0.3 is 0 Å². The molecule has 0 unspecified atom stereocenters. The predicted octanol–water partition coefficient (Wildman–Crippen LogP) is 17.0. The third-order valence-electron chi connectivity index (χ3n) is 12.7. The van der Waals surface area contributed by atoms with E-state index in [1.807, 2.05) is 84.9 Å². The van der Waals surface area contributed by atoms with Crippen molar-refractivity contribution >= 4 is 84.7 Å². The van der Waals surface area contributed by atoms with Gasteiger partial charge in [0.1, 0.15) is 0 Å². The number of benzene rings is 9. The zero-order valence-corrected chi connectivity index (χ0v) is 37.0. The van der Waals surface area contributed by atoms with Crippen molar-refractivity contribution in [1.82, 2.24) is 9.13 Å². The highest BCUT2D eigenvalue weighted by molar-refractivity contribution is 6.10. The third kappa shape index (κ3) is 7.16. The maximum Gasteiger partial charge on any atom is 0.187 e. The van der Waals surface area contributed by atoms with E-state index in [9.17, 15) is 5.26 Å². The molecule has 2 heterocycles. The van der Waals surface area contributed by atoms with Gasteiger partial charge in [-0.1, -0.05) is 110 Å². The van der Waals surface area contributed by atoms with Crippen LogP contribution in [0.15, 0.2) is 232 Å². The lowest BCUT2D eigenvalue weighted by atomic mass is 10.0. The normalized spacial score (nSPS) is 11.0. The molecule has 0 radical (unpaired) electrons. The summed E-state index contributed by atoms with van der Waals surface area (Å²) in [5.74, 6) is 0. The fourth-order valence-corrected chi connectivity index (χ4v) is 9.55. The van der Waals surface area contributed by atoms with Crippen LogP contribution in [0.1, 0.15) is 16.8 Å². The average Bonchev–Trinajstić information content (AvgIpc) is 3.92. The van der Waals surface area contributed by atoms with Crippen molar-refractivity contribution in [2.75, 3.05) is 9.80 Å². The molecule has 11 rings (SSSR count). The minimum Gasteiger partial charge on any atom is -0.311 e. The fourth-order valence-electron chi connectivity index (χ4n) is 9.55. The lowest BCUT2D eigenvalue weighted by molar-refractivity contribution is 1.11. The topological polar surface area (TPSA) is 44.5 Å². The van der Waals surface area contributed by atoms with Crippen LogP contribution in [0.4, 0.5) is 39.8 Å². The van der Waals surface area contributed by atoms with Gasteiger partial charge in [0.25, 0.3) is 0 Å². The minimum absolute atomic E-state index is 0.595. The number of rotatable bonds is 11. The Balaban J connectivity index is 0.968. The minimum atomic E-state index is 0.595. The number of para-hydroxylation sites is 3. The van der Waals surface area contributed by atoms with Gasteiger partial charge in [-0.2, -0.15) is 5.26 Å². The maximum absolute atomic E-state index is 9.66. The molecule has 0 saturated heterocycles.